The second-order valence-electron chi connectivity index (χ2n) is 6.54. The van der Waals surface area contributed by atoms with E-state index in [4.69, 9.17) is 23.2 Å². The lowest BCUT2D eigenvalue weighted by Crippen LogP contribution is -2.24. The zero-order chi connectivity index (χ0) is 20.9. The minimum Gasteiger partial charge on any atom is -0.493 e. The lowest BCUT2D eigenvalue weighted by Gasteiger charge is -2.06. The number of carboxylic acid groups (broad SMARTS) is 1. The molecule has 0 amide bonds. The van der Waals surface area contributed by atoms with E-state index in [1.54, 1.807) is 43.3 Å². The van der Waals surface area contributed by atoms with Crippen molar-refractivity contribution in [3.05, 3.63) is 79.9 Å². The number of aromatic hydroxyl groups is 1. The Morgan fingerprint density at radius 3 is 2.52 bits per heavy atom. The first-order valence-electron chi connectivity index (χ1n) is 8.59. The summed E-state index contributed by atoms with van der Waals surface area (Å²) in [7, 11) is 0. The van der Waals surface area contributed by atoms with Crippen molar-refractivity contribution in [1.82, 2.24) is 14.1 Å². The van der Waals surface area contributed by atoms with Crippen LogP contribution in [-0.4, -0.2) is 30.3 Å². The highest BCUT2D eigenvalue weighted by molar-refractivity contribution is 6.39. The Morgan fingerprint density at radius 1 is 1.17 bits per heavy atom. The van der Waals surface area contributed by atoms with Crippen molar-refractivity contribution >= 4 is 40.1 Å². The van der Waals surface area contributed by atoms with Crippen molar-refractivity contribution in [3.8, 4) is 11.6 Å². The molecule has 0 aliphatic heterocycles. The largest absolute Gasteiger partial charge is 0.493 e. The van der Waals surface area contributed by atoms with Gasteiger partial charge in [-0.15, -0.1) is 0 Å². The number of rotatable bonds is 4. The molecule has 3 N–H and O–H groups in total. The fourth-order valence-corrected chi connectivity index (χ4v) is 4.05. The average molecular weight is 432 g/mol. The summed E-state index contributed by atoms with van der Waals surface area (Å²) in [5, 5.41) is 21.3. The Bertz CT molecular complexity index is 1320. The van der Waals surface area contributed by atoms with E-state index in [2.05, 4.69) is 4.98 Å². The molecule has 2 aromatic heterocycles. The Kier molecular flexibility index (Phi) is 4.64. The van der Waals surface area contributed by atoms with Crippen LogP contribution in [0.25, 0.3) is 16.6 Å². The van der Waals surface area contributed by atoms with Gasteiger partial charge in [0.05, 0.1) is 22.9 Å². The van der Waals surface area contributed by atoms with E-state index in [1.807, 2.05) is 0 Å². The standard InChI is InChI=1S/C20H15Cl2N3O4/c1-10-18(26)25(12-5-3-2-4-6-12)20(29)24(10)9-13-16-14(22)7-11(21)8-15(16)23-17(13)19(27)28/h2-8,23,26H,9H2,1H3,(H,27,28). The Labute approximate surface area is 174 Å². The summed E-state index contributed by atoms with van der Waals surface area (Å²) in [5.41, 5.74) is 0.981. The van der Waals surface area contributed by atoms with Crippen molar-refractivity contribution < 1.29 is 15.0 Å². The summed E-state index contributed by atoms with van der Waals surface area (Å²) in [6, 6.07) is 11.8. The number of hydrogen-bond acceptors (Lipinski definition) is 3. The zero-order valence-electron chi connectivity index (χ0n) is 15.1. The summed E-state index contributed by atoms with van der Waals surface area (Å²) < 4.78 is 2.48. The molecule has 9 heteroatoms. The molecule has 2 aromatic carbocycles. The van der Waals surface area contributed by atoms with Crippen LogP contribution in [0, 0.1) is 6.92 Å². The molecule has 148 valence electrons. The van der Waals surface area contributed by atoms with Crippen molar-refractivity contribution in [1.29, 1.82) is 0 Å². The summed E-state index contributed by atoms with van der Waals surface area (Å²) in [5.74, 6) is -1.41. The number of carboxylic acids is 1. The van der Waals surface area contributed by atoms with E-state index < -0.39 is 11.7 Å². The molecule has 0 aliphatic carbocycles. The van der Waals surface area contributed by atoms with Gasteiger partial charge in [0, 0.05) is 21.5 Å². The Morgan fingerprint density at radius 2 is 1.86 bits per heavy atom. The maximum absolute atomic E-state index is 13.0. The molecule has 0 fully saturated rings. The monoisotopic (exact) mass is 431 g/mol. The second kappa shape index (κ2) is 7.02. The molecular weight excluding hydrogens is 417 g/mol. The summed E-state index contributed by atoms with van der Waals surface area (Å²) in [6.45, 7) is 1.49. The molecule has 0 aliphatic rings. The number of aromatic amines is 1. The molecule has 0 atom stereocenters. The van der Waals surface area contributed by atoms with Crippen LogP contribution in [0.4, 0.5) is 0 Å². The molecule has 7 nitrogen and oxygen atoms in total. The smallest absolute Gasteiger partial charge is 0.352 e. The Balaban J connectivity index is 1.94. The molecular formula is C20H15Cl2N3O4. The number of hydrogen-bond donors (Lipinski definition) is 3. The van der Waals surface area contributed by atoms with E-state index >= 15 is 0 Å². The first kappa shape index (κ1) is 19.2. The maximum Gasteiger partial charge on any atom is 0.352 e. The van der Waals surface area contributed by atoms with E-state index in [1.165, 1.54) is 15.2 Å². The molecule has 0 saturated heterocycles. The van der Waals surface area contributed by atoms with Gasteiger partial charge in [-0.05, 0) is 31.2 Å². The van der Waals surface area contributed by atoms with Crippen LogP contribution in [-0.2, 0) is 6.54 Å². The zero-order valence-corrected chi connectivity index (χ0v) is 16.6. The second-order valence-corrected chi connectivity index (χ2v) is 7.39. The molecule has 0 saturated carbocycles. The predicted octanol–water partition coefficient (Wildman–Crippen LogP) is 4.19. The summed E-state index contributed by atoms with van der Waals surface area (Å²) >= 11 is 12.3. The predicted molar refractivity (Wildman–Crippen MR) is 111 cm³/mol. The number of nitrogens with zero attached hydrogens (tertiary/aromatic N) is 2. The first-order chi connectivity index (χ1) is 13.8. The van der Waals surface area contributed by atoms with Gasteiger partial charge in [-0.3, -0.25) is 4.57 Å². The number of H-pyrrole nitrogens is 1. The van der Waals surface area contributed by atoms with E-state index in [9.17, 15) is 19.8 Å². The van der Waals surface area contributed by atoms with Crippen molar-refractivity contribution in [3.63, 3.8) is 0 Å². The minimum absolute atomic E-state index is 0.0950. The molecule has 0 unspecified atom stereocenters. The van der Waals surface area contributed by atoms with Gasteiger partial charge < -0.3 is 15.2 Å². The number of imidazole rings is 1. The number of carbonyl (C=O) groups is 1. The molecule has 29 heavy (non-hydrogen) atoms. The number of aromatic nitrogens is 3. The normalized spacial score (nSPS) is 11.3. The highest BCUT2D eigenvalue weighted by atomic mass is 35.5. The van der Waals surface area contributed by atoms with E-state index in [0.29, 0.717) is 32.9 Å². The van der Waals surface area contributed by atoms with Crippen molar-refractivity contribution in [2.75, 3.05) is 0 Å². The molecule has 2 heterocycles. The van der Waals surface area contributed by atoms with Gasteiger partial charge in [0.1, 0.15) is 5.69 Å². The summed E-state index contributed by atoms with van der Waals surface area (Å²) in [6.07, 6.45) is 0. The Hall–Kier alpha value is -3.16. The molecule has 4 aromatic rings. The van der Waals surface area contributed by atoms with Gasteiger partial charge in [-0.1, -0.05) is 41.4 Å². The fraction of sp³-hybridized carbons (Fsp3) is 0.100. The SMILES string of the molecule is Cc1c(O)n(-c2ccccc2)c(=O)n1Cc1c(C(=O)O)[nH]c2cc(Cl)cc(Cl)c12. The van der Waals surface area contributed by atoms with Gasteiger partial charge in [0.2, 0.25) is 5.88 Å². The third-order valence-electron chi connectivity index (χ3n) is 4.83. The van der Waals surface area contributed by atoms with E-state index in [0.717, 1.165) is 0 Å². The van der Waals surface area contributed by atoms with Crippen LogP contribution >= 0.6 is 23.2 Å². The molecule has 0 bridgehead atoms. The van der Waals surface area contributed by atoms with Crippen LogP contribution < -0.4 is 5.69 Å². The highest BCUT2D eigenvalue weighted by Crippen LogP contribution is 2.33. The number of aromatic carboxylic acids is 1. The van der Waals surface area contributed by atoms with Crippen molar-refractivity contribution in [2.45, 2.75) is 13.5 Å². The third kappa shape index (κ3) is 3.08. The van der Waals surface area contributed by atoms with Crippen LogP contribution in [0.1, 0.15) is 21.7 Å². The quantitative estimate of drug-likeness (QED) is 0.450. The molecule has 0 radical (unpaired) electrons. The van der Waals surface area contributed by atoms with E-state index in [-0.39, 0.29) is 23.1 Å². The minimum atomic E-state index is -1.19. The van der Waals surface area contributed by atoms with Gasteiger partial charge in [0.15, 0.2) is 0 Å². The number of nitrogens with one attached hydrogen (secondary N) is 1. The summed E-state index contributed by atoms with van der Waals surface area (Å²) in [4.78, 5) is 27.6. The molecule has 0 spiro atoms. The van der Waals surface area contributed by atoms with Gasteiger partial charge in [-0.25, -0.2) is 14.2 Å². The highest BCUT2D eigenvalue weighted by Gasteiger charge is 2.24. The number of halogens is 2. The topological polar surface area (TPSA) is 100 Å². The van der Waals surface area contributed by atoms with Gasteiger partial charge >= 0.3 is 11.7 Å². The van der Waals surface area contributed by atoms with Crippen LogP contribution in [0.3, 0.4) is 0 Å². The van der Waals surface area contributed by atoms with Crippen LogP contribution in [0.2, 0.25) is 10.0 Å². The van der Waals surface area contributed by atoms with Crippen LogP contribution in [0.5, 0.6) is 5.88 Å². The lowest BCUT2D eigenvalue weighted by atomic mass is 10.1. The van der Waals surface area contributed by atoms with Crippen LogP contribution in [0.15, 0.2) is 47.3 Å². The number of benzene rings is 2. The third-order valence-corrected chi connectivity index (χ3v) is 5.34. The number of fused-ring (bicyclic) bond motifs is 1. The average Bonchev–Trinajstić information content (AvgIpc) is 3.13. The van der Waals surface area contributed by atoms with Gasteiger partial charge in [0.25, 0.3) is 0 Å². The fourth-order valence-electron chi connectivity index (χ4n) is 3.45. The van der Waals surface area contributed by atoms with Crippen molar-refractivity contribution in [2.24, 2.45) is 0 Å². The lowest BCUT2D eigenvalue weighted by molar-refractivity contribution is 0.0690. The first-order valence-corrected chi connectivity index (χ1v) is 9.34. The maximum atomic E-state index is 13.0. The number of para-hydroxylation sites is 1. The van der Waals surface area contributed by atoms with Gasteiger partial charge in [-0.2, -0.15) is 0 Å². The molecule has 4 rings (SSSR count).